The van der Waals surface area contributed by atoms with E-state index in [1.54, 1.807) is 14.8 Å². The monoisotopic (exact) mass is 290 g/mol. The Hall–Kier alpha value is 0.0918. The molecule has 19 heavy (non-hydrogen) atoms. The number of hydrogen-bond acceptors (Lipinski definition) is 3. The van der Waals surface area contributed by atoms with Gasteiger partial charge < -0.3 is 14.3 Å². The minimum atomic E-state index is -2.11. The first-order chi connectivity index (χ1) is 8.30. The Balaban J connectivity index is 3.01. The Labute approximate surface area is 118 Å². The summed E-state index contributed by atoms with van der Waals surface area (Å²) in [5.74, 6) is 0. The highest BCUT2D eigenvalue weighted by Gasteiger charge is 2.57. The topological polar surface area (TPSA) is 38.7 Å². The molecule has 0 aliphatic carbocycles. The summed E-state index contributed by atoms with van der Waals surface area (Å²) in [6.07, 6.45) is -2.04. The zero-order valence-corrected chi connectivity index (χ0v) is 14.5. The van der Waals surface area contributed by atoms with E-state index >= 15 is 0 Å². The second kappa shape index (κ2) is 5.13. The summed E-state index contributed by atoms with van der Waals surface area (Å²) in [6, 6.07) is -0.568. The molecule has 1 rings (SSSR count). The number of aliphatic hydroxyl groups excluding tert-OH is 1. The summed E-state index contributed by atoms with van der Waals surface area (Å²) in [7, 11) is -0.408. The molecule has 5 atom stereocenters. The van der Waals surface area contributed by atoms with Crippen LogP contribution in [0.3, 0.4) is 0 Å². The fourth-order valence-electron chi connectivity index (χ4n) is 2.04. The number of ether oxygens (including phenoxy) is 1. The summed E-state index contributed by atoms with van der Waals surface area (Å²) < 4.78 is 26.6. The van der Waals surface area contributed by atoms with E-state index in [9.17, 15) is 9.50 Å². The number of alkyl halides is 1. The van der Waals surface area contributed by atoms with Gasteiger partial charge in [0.25, 0.3) is 0 Å². The Morgan fingerprint density at radius 1 is 1.42 bits per heavy atom. The zero-order valence-electron chi connectivity index (χ0n) is 13.5. The van der Waals surface area contributed by atoms with Gasteiger partial charge in [0, 0.05) is 0 Å². The highest BCUT2D eigenvalue weighted by atomic mass is 28.4. The molecule has 0 spiro atoms. The Morgan fingerprint density at radius 3 is 2.26 bits per heavy atom. The average molecular weight is 290 g/mol. The molecule has 1 heterocycles. The van der Waals surface area contributed by atoms with Crippen LogP contribution in [0.2, 0.25) is 18.1 Å². The smallest absolute Gasteiger partial charge is 0.192 e. The molecule has 1 aliphatic rings. The van der Waals surface area contributed by atoms with Gasteiger partial charge in [0.1, 0.15) is 20.1 Å². The SMILES string of the molecule is B[C@@H]1O[C@H](C(C)O)[C@@H](O[Si](C)(C)C(C)(C)C)[C@@]1(C)F. The van der Waals surface area contributed by atoms with Gasteiger partial charge in [0.15, 0.2) is 14.0 Å². The molecule has 112 valence electrons. The maximum atomic E-state index is 14.9. The first-order valence-electron chi connectivity index (χ1n) is 7.01. The lowest BCUT2D eigenvalue weighted by Gasteiger charge is -2.42. The molecule has 1 fully saturated rings. The second-order valence-corrected chi connectivity index (χ2v) is 12.2. The predicted molar refractivity (Wildman–Crippen MR) is 80.5 cm³/mol. The molecule has 1 N–H and O–H groups in total. The van der Waals surface area contributed by atoms with Crippen molar-refractivity contribution in [3.05, 3.63) is 0 Å². The largest absolute Gasteiger partial charge is 0.408 e. The van der Waals surface area contributed by atoms with Crippen molar-refractivity contribution in [3.63, 3.8) is 0 Å². The van der Waals surface area contributed by atoms with Crippen molar-refractivity contribution in [3.8, 4) is 0 Å². The third kappa shape index (κ3) is 3.23. The van der Waals surface area contributed by atoms with Crippen molar-refractivity contribution in [2.75, 3.05) is 0 Å². The van der Waals surface area contributed by atoms with Gasteiger partial charge in [-0.25, -0.2) is 4.39 Å². The zero-order chi connectivity index (χ0) is 15.2. The maximum absolute atomic E-state index is 14.9. The van der Waals surface area contributed by atoms with Crippen LogP contribution in [0, 0.1) is 0 Å². The minimum absolute atomic E-state index is 0.00183. The van der Waals surface area contributed by atoms with E-state index in [2.05, 4.69) is 33.9 Å². The standard InChI is InChI=1S/C13H28BFO3Si/c1-8(16)9-10(13(5,15)11(14)17-9)18-19(6,7)12(2,3)4/h8-11,16H,14H2,1-7H3/t8?,9-,10-,11-,13-/m1/s1. The van der Waals surface area contributed by atoms with Crippen molar-refractivity contribution in [1.29, 1.82) is 0 Å². The number of aliphatic hydroxyl groups is 1. The average Bonchev–Trinajstić information content (AvgIpc) is 2.39. The molecule has 0 bridgehead atoms. The molecule has 0 aromatic heterocycles. The van der Waals surface area contributed by atoms with E-state index in [1.807, 2.05) is 0 Å². The molecule has 1 unspecified atom stereocenters. The van der Waals surface area contributed by atoms with Crippen molar-refractivity contribution in [1.82, 2.24) is 0 Å². The minimum Gasteiger partial charge on any atom is -0.408 e. The van der Waals surface area contributed by atoms with E-state index < -0.39 is 38.3 Å². The summed E-state index contributed by atoms with van der Waals surface area (Å²) in [5, 5.41) is 9.81. The van der Waals surface area contributed by atoms with Gasteiger partial charge in [-0.2, -0.15) is 0 Å². The Morgan fingerprint density at radius 2 is 1.89 bits per heavy atom. The van der Waals surface area contributed by atoms with Gasteiger partial charge in [0.2, 0.25) is 0 Å². The summed E-state index contributed by atoms with van der Waals surface area (Å²) >= 11 is 0. The molecule has 1 saturated heterocycles. The number of rotatable bonds is 3. The number of halogens is 1. The van der Waals surface area contributed by atoms with Crippen molar-refractivity contribution in [2.45, 2.75) is 82.7 Å². The van der Waals surface area contributed by atoms with Gasteiger partial charge in [0.05, 0.1) is 12.1 Å². The molecule has 3 nitrogen and oxygen atoms in total. The lowest BCUT2D eigenvalue weighted by atomic mass is 9.83. The van der Waals surface area contributed by atoms with Gasteiger partial charge in [-0.1, -0.05) is 20.8 Å². The molecule has 0 radical (unpaired) electrons. The first kappa shape index (κ1) is 17.1. The Kier molecular flexibility index (Phi) is 4.63. The molecule has 6 heteroatoms. The van der Waals surface area contributed by atoms with Crippen LogP contribution in [0.5, 0.6) is 0 Å². The highest BCUT2D eigenvalue weighted by Crippen LogP contribution is 2.43. The summed E-state index contributed by atoms with van der Waals surface area (Å²) in [5.41, 5.74) is -1.57. The lowest BCUT2D eigenvalue weighted by Crippen LogP contribution is -2.54. The molecule has 0 aromatic carbocycles. The van der Waals surface area contributed by atoms with E-state index in [0.717, 1.165) is 0 Å². The van der Waals surface area contributed by atoms with Gasteiger partial charge >= 0.3 is 0 Å². The molecular formula is C13H28BFO3Si. The highest BCUT2D eigenvalue weighted by molar-refractivity contribution is 6.74. The van der Waals surface area contributed by atoms with E-state index in [0.29, 0.717) is 0 Å². The van der Waals surface area contributed by atoms with E-state index in [-0.39, 0.29) is 5.04 Å². The third-order valence-corrected chi connectivity index (χ3v) is 9.17. The van der Waals surface area contributed by atoms with Crippen LogP contribution in [0.1, 0.15) is 34.6 Å². The molecule has 1 aliphatic heterocycles. The summed E-state index contributed by atoms with van der Waals surface area (Å²) in [6.45, 7) is 13.7. The summed E-state index contributed by atoms with van der Waals surface area (Å²) in [4.78, 5) is 0. The van der Waals surface area contributed by atoms with Crippen LogP contribution in [0.4, 0.5) is 4.39 Å². The van der Waals surface area contributed by atoms with Crippen molar-refractivity contribution in [2.24, 2.45) is 0 Å². The van der Waals surface area contributed by atoms with Gasteiger partial charge in [-0.3, -0.25) is 0 Å². The normalized spacial score (nSPS) is 38.5. The Bertz CT molecular complexity index is 326. The maximum Gasteiger partial charge on any atom is 0.192 e. The van der Waals surface area contributed by atoms with Crippen LogP contribution >= 0.6 is 0 Å². The van der Waals surface area contributed by atoms with Crippen LogP contribution in [-0.4, -0.2) is 51.3 Å². The predicted octanol–water partition coefficient (Wildman–Crippen LogP) is 1.84. The molecule has 0 aromatic rings. The van der Waals surface area contributed by atoms with Gasteiger partial charge in [-0.15, -0.1) is 0 Å². The fraction of sp³-hybridized carbons (Fsp3) is 1.00. The fourth-order valence-corrected chi connectivity index (χ4v) is 3.39. The van der Waals surface area contributed by atoms with Crippen molar-refractivity contribution >= 4 is 16.2 Å². The second-order valence-electron chi connectivity index (χ2n) is 7.43. The third-order valence-electron chi connectivity index (χ3n) is 4.71. The van der Waals surface area contributed by atoms with E-state index in [1.165, 1.54) is 6.92 Å². The number of hydrogen-bond donors (Lipinski definition) is 1. The van der Waals surface area contributed by atoms with Crippen LogP contribution < -0.4 is 0 Å². The quantitative estimate of drug-likeness (QED) is 0.806. The van der Waals surface area contributed by atoms with E-state index in [4.69, 9.17) is 9.16 Å². The van der Waals surface area contributed by atoms with Crippen LogP contribution in [0.25, 0.3) is 0 Å². The van der Waals surface area contributed by atoms with Crippen LogP contribution in [0.15, 0.2) is 0 Å². The molecular weight excluding hydrogens is 262 g/mol. The van der Waals surface area contributed by atoms with Crippen LogP contribution in [-0.2, 0) is 9.16 Å². The lowest BCUT2D eigenvalue weighted by molar-refractivity contribution is -0.0434. The molecule has 0 saturated carbocycles. The van der Waals surface area contributed by atoms with Gasteiger partial charge in [-0.05, 0) is 32.0 Å². The van der Waals surface area contributed by atoms with Crippen molar-refractivity contribution < 1.29 is 18.7 Å². The molecule has 0 amide bonds. The first-order valence-corrected chi connectivity index (χ1v) is 9.92.